The third-order valence-electron chi connectivity index (χ3n) is 1.40. The molecule has 0 aliphatic carbocycles. The average Bonchev–Trinajstić information content (AvgIpc) is 1.95. The Hall–Kier alpha value is 0.110. The third kappa shape index (κ3) is 3.87. The predicted molar refractivity (Wildman–Crippen MR) is 45.2 cm³/mol. The molecule has 1 aromatic rings. The van der Waals surface area contributed by atoms with Crippen LogP contribution in [-0.2, 0) is 6.54 Å². The van der Waals surface area contributed by atoms with Crippen molar-refractivity contribution in [3.63, 3.8) is 0 Å². The summed E-state index contributed by atoms with van der Waals surface area (Å²) in [5.41, 5.74) is 1.31. The molecule has 0 radical (unpaired) electrons. The maximum absolute atomic E-state index is 3.38. The molecule has 1 aromatic heterocycles. The fourth-order valence-electron chi connectivity index (χ4n) is 0.779. The van der Waals surface area contributed by atoms with E-state index in [0.29, 0.717) is 0 Å². The summed E-state index contributed by atoms with van der Waals surface area (Å²) in [6.07, 6.45) is 4.19. The summed E-state index contributed by atoms with van der Waals surface area (Å²) >= 11 is 3.38. The Morgan fingerprint density at radius 2 is 1.91 bits per heavy atom. The van der Waals surface area contributed by atoms with E-state index in [4.69, 9.17) is 0 Å². The fraction of sp³-hybridized carbons (Fsp3) is 0.375. The molecule has 0 aromatic carbocycles. The highest BCUT2D eigenvalue weighted by atomic mass is 79.9. The van der Waals surface area contributed by atoms with E-state index in [1.165, 1.54) is 5.56 Å². The first-order valence-corrected chi connectivity index (χ1v) is 4.47. The highest BCUT2D eigenvalue weighted by Crippen LogP contribution is 1.89. The van der Waals surface area contributed by atoms with Crippen molar-refractivity contribution in [3.8, 4) is 0 Å². The van der Waals surface area contributed by atoms with E-state index in [2.05, 4.69) is 51.9 Å². The van der Waals surface area contributed by atoms with Crippen LogP contribution in [0.15, 0.2) is 24.5 Å². The van der Waals surface area contributed by atoms with E-state index in [0.717, 1.165) is 11.9 Å². The Bertz CT molecular complexity index is 196. The SMILES string of the molecule is Cc1cc[n+](CCBr)cc1.[Br-]. The van der Waals surface area contributed by atoms with Crippen LogP contribution >= 0.6 is 15.9 Å². The minimum Gasteiger partial charge on any atom is -1.00 e. The van der Waals surface area contributed by atoms with Gasteiger partial charge >= 0.3 is 0 Å². The monoisotopic (exact) mass is 279 g/mol. The van der Waals surface area contributed by atoms with E-state index < -0.39 is 0 Å². The number of nitrogens with zero attached hydrogens (tertiary/aromatic N) is 1. The van der Waals surface area contributed by atoms with Gasteiger partial charge in [0.1, 0.15) is 0 Å². The average molecular weight is 281 g/mol. The van der Waals surface area contributed by atoms with Crippen molar-refractivity contribution in [1.82, 2.24) is 0 Å². The van der Waals surface area contributed by atoms with E-state index >= 15 is 0 Å². The van der Waals surface area contributed by atoms with Gasteiger partial charge in [-0.1, -0.05) is 15.9 Å². The van der Waals surface area contributed by atoms with Gasteiger partial charge in [0, 0.05) is 12.1 Å². The summed E-state index contributed by atoms with van der Waals surface area (Å²) in [6.45, 7) is 3.14. The lowest BCUT2D eigenvalue weighted by Gasteiger charge is -1.91. The molecule has 0 spiro atoms. The third-order valence-corrected chi connectivity index (χ3v) is 1.76. The van der Waals surface area contributed by atoms with Gasteiger partial charge in [-0.3, -0.25) is 0 Å². The minimum atomic E-state index is 0. The zero-order chi connectivity index (χ0) is 7.40. The second-order valence-electron chi connectivity index (χ2n) is 2.30. The lowest BCUT2D eigenvalue weighted by molar-refractivity contribution is -0.692. The zero-order valence-electron chi connectivity index (χ0n) is 6.43. The van der Waals surface area contributed by atoms with Crippen LogP contribution in [0.2, 0.25) is 0 Å². The molecule has 0 amide bonds. The smallest absolute Gasteiger partial charge is 0.169 e. The quantitative estimate of drug-likeness (QED) is 0.468. The molecule has 62 valence electrons. The van der Waals surface area contributed by atoms with Crippen LogP contribution in [0, 0.1) is 6.92 Å². The summed E-state index contributed by atoms with van der Waals surface area (Å²) in [7, 11) is 0. The number of hydrogen-bond acceptors (Lipinski definition) is 0. The minimum absolute atomic E-state index is 0. The van der Waals surface area contributed by atoms with Crippen molar-refractivity contribution < 1.29 is 21.5 Å². The maximum Gasteiger partial charge on any atom is 0.169 e. The molecular formula is C8H11Br2N. The number of pyridine rings is 1. The molecule has 0 saturated heterocycles. The largest absolute Gasteiger partial charge is 1.00 e. The van der Waals surface area contributed by atoms with E-state index in [1.54, 1.807) is 0 Å². The first kappa shape index (κ1) is 11.1. The first-order valence-electron chi connectivity index (χ1n) is 3.34. The van der Waals surface area contributed by atoms with Gasteiger partial charge in [-0.15, -0.1) is 0 Å². The van der Waals surface area contributed by atoms with Crippen LogP contribution in [0.5, 0.6) is 0 Å². The van der Waals surface area contributed by atoms with Crippen molar-refractivity contribution in [3.05, 3.63) is 30.1 Å². The van der Waals surface area contributed by atoms with Crippen molar-refractivity contribution in [2.24, 2.45) is 0 Å². The Kier molecular flexibility index (Phi) is 5.78. The Balaban J connectivity index is 0.000001000. The molecule has 1 heterocycles. The second-order valence-corrected chi connectivity index (χ2v) is 3.10. The molecule has 0 saturated carbocycles. The molecule has 0 N–H and O–H groups in total. The van der Waals surface area contributed by atoms with Gasteiger partial charge in [0.15, 0.2) is 18.9 Å². The number of rotatable bonds is 2. The topological polar surface area (TPSA) is 3.88 Å². The predicted octanol–water partition coefficient (Wildman–Crippen LogP) is -1.32. The van der Waals surface area contributed by atoms with E-state index in [9.17, 15) is 0 Å². The first-order chi connectivity index (χ1) is 4.83. The Morgan fingerprint density at radius 1 is 1.36 bits per heavy atom. The number of halogens is 2. The lowest BCUT2D eigenvalue weighted by Crippen LogP contribution is -3.00. The molecule has 3 heteroatoms. The van der Waals surface area contributed by atoms with Crippen LogP contribution in [0.3, 0.4) is 0 Å². The molecule has 0 atom stereocenters. The summed E-state index contributed by atoms with van der Waals surface area (Å²) in [4.78, 5) is 0. The number of hydrogen-bond donors (Lipinski definition) is 0. The van der Waals surface area contributed by atoms with Crippen molar-refractivity contribution in [2.75, 3.05) is 5.33 Å². The van der Waals surface area contributed by atoms with Crippen molar-refractivity contribution in [2.45, 2.75) is 13.5 Å². The number of aromatic nitrogens is 1. The molecule has 0 unspecified atom stereocenters. The highest BCUT2D eigenvalue weighted by molar-refractivity contribution is 9.09. The molecule has 0 bridgehead atoms. The fourth-order valence-corrected chi connectivity index (χ4v) is 1.19. The van der Waals surface area contributed by atoms with Crippen LogP contribution in [0.25, 0.3) is 0 Å². The van der Waals surface area contributed by atoms with Crippen LogP contribution in [-0.4, -0.2) is 5.33 Å². The van der Waals surface area contributed by atoms with Crippen molar-refractivity contribution in [1.29, 1.82) is 0 Å². The molecule has 0 fully saturated rings. The number of aryl methyl sites for hydroxylation is 2. The summed E-state index contributed by atoms with van der Waals surface area (Å²) in [5, 5.41) is 1.01. The lowest BCUT2D eigenvalue weighted by atomic mass is 10.3. The van der Waals surface area contributed by atoms with Gasteiger partial charge in [-0.25, -0.2) is 4.57 Å². The molecule has 1 nitrogen and oxygen atoms in total. The van der Waals surface area contributed by atoms with Crippen molar-refractivity contribution >= 4 is 15.9 Å². The van der Waals surface area contributed by atoms with Gasteiger partial charge < -0.3 is 17.0 Å². The standard InChI is InChI=1S/C8H11BrN.BrH/c1-8-2-5-10(6-3-8)7-4-9;/h2-3,5-6H,4,7H2,1H3;1H/q+1;/p-1. The van der Waals surface area contributed by atoms with Gasteiger partial charge in [-0.05, 0) is 12.5 Å². The summed E-state index contributed by atoms with van der Waals surface area (Å²) < 4.78 is 2.15. The van der Waals surface area contributed by atoms with E-state index in [-0.39, 0.29) is 17.0 Å². The van der Waals surface area contributed by atoms with Gasteiger partial charge in [0.2, 0.25) is 0 Å². The van der Waals surface area contributed by atoms with Crippen LogP contribution < -0.4 is 21.5 Å². The van der Waals surface area contributed by atoms with Gasteiger partial charge in [0.05, 0.1) is 5.33 Å². The zero-order valence-corrected chi connectivity index (χ0v) is 9.60. The van der Waals surface area contributed by atoms with Crippen LogP contribution in [0.4, 0.5) is 0 Å². The van der Waals surface area contributed by atoms with Crippen LogP contribution in [0.1, 0.15) is 5.56 Å². The number of alkyl halides is 1. The highest BCUT2D eigenvalue weighted by Gasteiger charge is 1.94. The molecule has 0 aliphatic heterocycles. The Labute approximate surface area is 86.3 Å². The van der Waals surface area contributed by atoms with Gasteiger partial charge in [0.25, 0.3) is 0 Å². The molecular weight excluding hydrogens is 270 g/mol. The van der Waals surface area contributed by atoms with E-state index in [1.807, 2.05) is 0 Å². The maximum atomic E-state index is 3.38. The summed E-state index contributed by atoms with van der Waals surface area (Å²) in [5.74, 6) is 0. The molecule has 11 heavy (non-hydrogen) atoms. The molecule has 0 aliphatic rings. The summed E-state index contributed by atoms with van der Waals surface area (Å²) in [6, 6.07) is 4.23. The second kappa shape index (κ2) is 5.72. The molecule has 1 rings (SSSR count). The normalized spacial score (nSPS) is 8.91. The van der Waals surface area contributed by atoms with Gasteiger partial charge in [-0.2, -0.15) is 0 Å². The Morgan fingerprint density at radius 3 is 2.36 bits per heavy atom.